The summed E-state index contributed by atoms with van der Waals surface area (Å²) in [5.74, 6) is 0.260. The van der Waals surface area contributed by atoms with E-state index < -0.39 is 4.92 Å². The van der Waals surface area contributed by atoms with Crippen LogP contribution >= 0.6 is 0 Å². The largest absolute Gasteiger partial charge is 0.488 e. The normalized spacial score (nSPS) is 19.1. The van der Waals surface area contributed by atoms with E-state index >= 15 is 0 Å². The average molecular weight is 222 g/mol. The SMILES string of the molecule is CC1CC(=O)Nc2cc([N+](=O)[O-])ccc2O1. The molecule has 0 bridgehead atoms. The number of anilines is 1. The van der Waals surface area contributed by atoms with E-state index in [1.54, 1.807) is 6.92 Å². The molecule has 6 nitrogen and oxygen atoms in total. The molecule has 1 amide bonds. The topological polar surface area (TPSA) is 81.5 Å². The minimum Gasteiger partial charge on any atom is -0.488 e. The van der Waals surface area contributed by atoms with E-state index in [0.717, 1.165) is 0 Å². The molecule has 0 spiro atoms. The summed E-state index contributed by atoms with van der Waals surface area (Å²) in [5.41, 5.74) is 0.278. The Morgan fingerprint density at radius 3 is 3.00 bits per heavy atom. The second kappa shape index (κ2) is 3.80. The molecule has 1 N–H and O–H groups in total. The van der Waals surface area contributed by atoms with Crippen LogP contribution in [0.25, 0.3) is 0 Å². The summed E-state index contributed by atoms with van der Waals surface area (Å²) in [6.07, 6.45) is 0.00496. The van der Waals surface area contributed by atoms with Crippen molar-refractivity contribution >= 4 is 17.3 Å². The first-order valence-corrected chi connectivity index (χ1v) is 4.81. The lowest BCUT2D eigenvalue weighted by atomic mass is 10.2. The Balaban J connectivity index is 2.42. The van der Waals surface area contributed by atoms with Gasteiger partial charge in [0.05, 0.1) is 17.0 Å². The van der Waals surface area contributed by atoms with Gasteiger partial charge in [0, 0.05) is 12.1 Å². The zero-order valence-corrected chi connectivity index (χ0v) is 8.60. The summed E-state index contributed by atoms with van der Waals surface area (Å²) < 4.78 is 5.46. The lowest BCUT2D eigenvalue weighted by Crippen LogP contribution is -2.17. The third-order valence-corrected chi connectivity index (χ3v) is 2.25. The van der Waals surface area contributed by atoms with Crippen LogP contribution in [0.15, 0.2) is 18.2 Å². The molecule has 1 aliphatic heterocycles. The molecule has 84 valence electrons. The van der Waals surface area contributed by atoms with Gasteiger partial charge in [-0.3, -0.25) is 14.9 Å². The van der Waals surface area contributed by atoms with Crippen LogP contribution < -0.4 is 10.1 Å². The molecule has 1 atom stereocenters. The first-order valence-electron chi connectivity index (χ1n) is 4.81. The van der Waals surface area contributed by atoms with Crippen LogP contribution in [-0.2, 0) is 4.79 Å². The molecule has 0 radical (unpaired) electrons. The molecule has 1 unspecified atom stereocenters. The first kappa shape index (κ1) is 10.4. The highest BCUT2D eigenvalue weighted by molar-refractivity contribution is 5.93. The zero-order valence-electron chi connectivity index (χ0n) is 8.60. The molecular formula is C10H10N2O4. The van der Waals surface area contributed by atoms with Gasteiger partial charge in [0.15, 0.2) is 0 Å². The second-order valence-corrected chi connectivity index (χ2v) is 3.62. The molecule has 0 saturated carbocycles. The number of benzene rings is 1. The van der Waals surface area contributed by atoms with Gasteiger partial charge in [-0.15, -0.1) is 0 Å². The van der Waals surface area contributed by atoms with Crippen LogP contribution in [0, 0.1) is 10.1 Å². The van der Waals surface area contributed by atoms with Gasteiger partial charge in [-0.2, -0.15) is 0 Å². The van der Waals surface area contributed by atoms with Crippen molar-refractivity contribution in [3.8, 4) is 5.75 Å². The Bertz CT molecular complexity index is 458. The molecule has 0 aromatic heterocycles. The maximum absolute atomic E-state index is 11.4. The maximum atomic E-state index is 11.4. The minimum atomic E-state index is -0.513. The van der Waals surface area contributed by atoms with Crippen molar-refractivity contribution in [2.75, 3.05) is 5.32 Å². The summed E-state index contributed by atoms with van der Waals surface area (Å²) in [6.45, 7) is 1.77. The van der Waals surface area contributed by atoms with E-state index in [4.69, 9.17) is 4.74 Å². The number of amides is 1. The molecular weight excluding hydrogens is 212 g/mol. The molecule has 6 heteroatoms. The standard InChI is InChI=1S/C10H10N2O4/c1-6-4-10(13)11-8-5-7(12(14)15)2-3-9(8)16-6/h2-3,5-6H,4H2,1H3,(H,11,13). The highest BCUT2D eigenvalue weighted by atomic mass is 16.6. The number of carbonyl (C=O) groups is 1. The van der Waals surface area contributed by atoms with Gasteiger partial charge >= 0.3 is 0 Å². The van der Waals surface area contributed by atoms with Crippen molar-refractivity contribution in [2.24, 2.45) is 0 Å². The number of ether oxygens (including phenoxy) is 1. The number of nitrogens with one attached hydrogen (secondary N) is 1. The van der Waals surface area contributed by atoms with Gasteiger partial charge in [0.2, 0.25) is 5.91 Å². The van der Waals surface area contributed by atoms with Gasteiger partial charge in [-0.1, -0.05) is 0 Å². The number of non-ortho nitro benzene ring substituents is 1. The first-order chi connectivity index (χ1) is 7.56. The molecule has 1 aliphatic rings. The highest BCUT2D eigenvalue weighted by Gasteiger charge is 2.21. The molecule has 1 heterocycles. The van der Waals surface area contributed by atoms with E-state index in [2.05, 4.69) is 5.32 Å². The average Bonchev–Trinajstić information content (AvgIpc) is 2.32. The summed E-state index contributed by atoms with van der Waals surface area (Å²) in [7, 11) is 0. The monoisotopic (exact) mass is 222 g/mol. The number of carbonyl (C=O) groups excluding carboxylic acids is 1. The van der Waals surface area contributed by atoms with Crippen LogP contribution in [0.3, 0.4) is 0 Å². The van der Waals surface area contributed by atoms with Gasteiger partial charge < -0.3 is 10.1 Å². The van der Waals surface area contributed by atoms with Crippen LogP contribution in [0.4, 0.5) is 11.4 Å². The fraction of sp³-hybridized carbons (Fsp3) is 0.300. The number of nitro benzene ring substituents is 1. The van der Waals surface area contributed by atoms with Gasteiger partial charge in [0.25, 0.3) is 5.69 Å². The lowest BCUT2D eigenvalue weighted by Gasteiger charge is -2.10. The second-order valence-electron chi connectivity index (χ2n) is 3.62. The third-order valence-electron chi connectivity index (χ3n) is 2.25. The molecule has 2 rings (SSSR count). The number of nitrogens with zero attached hydrogens (tertiary/aromatic N) is 1. The van der Waals surface area contributed by atoms with Gasteiger partial charge in [0.1, 0.15) is 11.9 Å². The highest BCUT2D eigenvalue weighted by Crippen LogP contribution is 2.32. The van der Waals surface area contributed by atoms with Crippen LogP contribution in [0.5, 0.6) is 5.75 Å². The van der Waals surface area contributed by atoms with E-state index in [1.807, 2.05) is 0 Å². The minimum absolute atomic E-state index is 0.0720. The lowest BCUT2D eigenvalue weighted by molar-refractivity contribution is -0.384. The van der Waals surface area contributed by atoms with Crippen molar-refractivity contribution in [2.45, 2.75) is 19.4 Å². The Kier molecular flexibility index (Phi) is 2.47. The van der Waals surface area contributed by atoms with Crippen LogP contribution in [0.2, 0.25) is 0 Å². The number of nitro groups is 1. The summed E-state index contributed by atoms with van der Waals surface area (Å²) in [5, 5.41) is 13.2. The quantitative estimate of drug-likeness (QED) is 0.579. The van der Waals surface area contributed by atoms with Crippen molar-refractivity contribution < 1.29 is 14.5 Å². The summed E-state index contributed by atoms with van der Waals surface area (Å²) in [4.78, 5) is 21.4. The van der Waals surface area contributed by atoms with E-state index in [0.29, 0.717) is 11.4 Å². The fourth-order valence-corrected chi connectivity index (χ4v) is 1.55. The van der Waals surface area contributed by atoms with Crippen molar-refractivity contribution in [3.63, 3.8) is 0 Å². The predicted octanol–water partition coefficient (Wildman–Crippen LogP) is 1.70. The maximum Gasteiger partial charge on any atom is 0.271 e. The fourth-order valence-electron chi connectivity index (χ4n) is 1.55. The van der Waals surface area contributed by atoms with Crippen LogP contribution in [-0.4, -0.2) is 16.9 Å². The molecule has 1 aromatic carbocycles. The van der Waals surface area contributed by atoms with Crippen molar-refractivity contribution in [3.05, 3.63) is 28.3 Å². The molecule has 0 aliphatic carbocycles. The number of rotatable bonds is 1. The molecule has 0 fully saturated rings. The summed E-state index contributed by atoms with van der Waals surface area (Å²) in [6, 6.07) is 4.14. The Morgan fingerprint density at radius 2 is 2.31 bits per heavy atom. The molecule has 1 aromatic rings. The Hall–Kier alpha value is -2.11. The summed E-state index contributed by atoms with van der Waals surface area (Å²) >= 11 is 0. The third kappa shape index (κ3) is 1.95. The van der Waals surface area contributed by atoms with Gasteiger partial charge in [-0.05, 0) is 13.0 Å². The van der Waals surface area contributed by atoms with Crippen molar-refractivity contribution in [1.29, 1.82) is 0 Å². The number of hydrogen-bond donors (Lipinski definition) is 1. The molecule has 16 heavy (non-hydrogen) atoms. The Morgan fingerprint density at radius 1 is 1.56 bits per heavy atom. The Labute approximate surface area is 91.4 Å². The number of hydrogen-bond acceptors (Lipinski definition) is 4. The number of fused-ring (bicyclic) bond motifs is 1. The predicted molar refractivity (Wildman–Crippen MR) is 56.4 cm³/mol. The van der Waals surface area contributed by atoms with Crippen molar-refractivity contribution in [1.82, 2.24) is 0 Å². The molecule has 0 saturated heterocycles. The van der Waals surface area contributed by atoms with E-state index in [9.17, 15) is 14.9 Å². The van der Waals surface area contributed by atoms with E-state index in [-0.39, 0.29) is 24.1 Å². The van der Waals surface area contributed by atoms with E-state index in [1.165, 1.54) is 18.2 Å². The smallest absolute Gasteiger partial charge is 0.271 e. The zero-order chi connectivity index (χ0) is 11.7. The van der Waals surface area contributed by atoms with Crippen LogP contribution in [0.1, 0.15) is 13.3 Å². The van der Waals surface area contributed by atoms with Gasteiger partial charge in [-0.25, -0.2) is 0 Å².